The monoisotopic (exact) mass is 313 g/mol. The zero-order chi connectivity index (χ0) is 15.5. The number of alkyl carbamates (subject to hydrolysis) is 1. The molecule has 1 aromatic heterocycles. The molecule has 8 heteroatoms. The van der Waals surface area contributed by atoms with Crippen LogP contribution in [-0.4, -0.2) is 45.8 Å². The average Bonchev–Trinajstić information content (AvgIpc) is 2.37. The van der Waals surface area contributed by atoms with E-state index in [9.17, 15) is 4.79 Å². The van der Waals surface area contributed by atoms with Gasteiger partial charge in [0.05, 0.1) is 0 Å². The van der Waals surface area contributed by atoms with Gasteiger partial charge in [-0.1, -0.05) is 0 Å². The number of amides is 1. The number of carbonyl (C=O) groups is 1. The molecule has 1 aliphatic heterocycles. The van der Waals surface area contributed by atoms with Gasteiger partial charge in [0.15, 0.2) is 0 Å². The van der Waals surface area contributed by atoms with Crippen molar-refractivity contribution >= 4 is 23.6 Å². The molecule has 0 aliphatic carbocycles. The maximum atomic E-state index is 11.7. The lowest BCUT2D eigenvalue weighted by Crippen LogP contribution is -2.46. The zero-order valence-electron chi connectivity index (χ0n) is 12.5. The van der Waals surface area contributed by atoms with E-state index in [0.29, 0.717) is 5.95 Å². The Morgan fingerprint density at radius 2 is 2.05 bits per heavy atom. The number of nitrogens with one attached hydrogen (secondary N) is 1. The van der Waals surface area contributed by atoms with Crippen molar-refractivity contribution in [3.63, 3.8) is 0 Å². The summed E-state index contributed by atoms with van der Waals surface area (Å²) in [5.41, 5.74) is -0.480. The number of ether oxygens (including phenoxy) is 1. The summed E-state index contributed by atoms with van der Waals surface area (Å²) in [6.07, 6.45) is 2.64. The fourth-order valence-corrected chi connectivity index (χ4v) is 2.24. The van der Waals surface area contributed by atoms with Crippen molar-refractivity contribution in [3.8, 4) is 0 Å². The predicted molar refractivity (Wildman–Crippen MR) is 79.4 cm³/mol. The molecule has 1 aliphatic rings. The standard InChI is InChI=1S/C13H20ClN5O2/c1-13(2,3)21-12(20)17-9-4-6-19(7-5-9)11-16-8-15-10(14)18-11/h8-9H,4-7H2,1-3H3,(H,17,20). The Morgan fingerprint density at radius 1 is 1.38 bits per heavy atom. The molecule has 2 heterocycles. The predicted octanol–water partition coefficient (Wildman–Crippen LogP) is 2.02. The second-order valence-corrected chi connectivity index (χ2v) is 6.30. The van der Waals surface area contributed by atoms with Gasteiger partial charge < -0.3 is 15.0 Å². The number of halogens is 1. The van der Waals surface area contributed by atoms with Crippen LogP contribution in [0.15, 0.2) is 6.33 Å². The first kappa shape index (κ1) is 15.8. The van der Waals surface area contributed by atoms with Gasteiger partial charge in [-0.2, -0.15) is 4.98 Å². The molecule has 1 N–H and O–H groups in total. The Kier molecular flexibility index (Phi) is 4.82. The molecule has 0 atom stereocenters. The Morgan fingerprint density at radius 3 is 2.62 bits per heavy atom. The summed E-state index contributed by atoms with van der Waals surface area (Å²) in [4.78, 5) is 25.7. The van der Waals surface area contributed by atoms with Crippen molar-refractivity contribution in [2.75, 3.05) is 18.0 Å². The van der Waals surface area contributed by atoms with E-state index in [-0.39, 0.29) is 17.4 Å². The summed E-state index contributed by atoms with van der Waals surface area (Å²) in [5.74, 6) is 0.575. The van der Waals surface area contributed by atoms with Gasteiger partial charge in [-0.3, -0.25) is 0 Å². The summed E-state index contributed by atoms with van der Waals surface area (Å²) in [7, 11) is 0. The normalized spacial score (nSPS) is 16.7. The molecule has 0 aromatic carbocycles. The fourth-order valence-electron chi connectivity index (χ4n) is 2.12. The summed E-state index contributed by atoms with van der Waals surface area (Å²) in [6.45, 7) is 7.04. The number of carbonyl (C=O) groups excluding carboxylic acids is 1. The quantitative estimate of drug-likeness (QED) is 0.899. The molecule has 1 aromatic rings. The molecule has 7 nitrogen and oxygen atoms in total. The third-order valence-electron chi connectivity index (χ3n) is 3.03. The van der Waals surface area contributed by atoms with Gasteiger partial charge in [0.1, 0.15) is 11.9 Å². The SMILES string of the molecule is CC(C)(C)OC(=O)NC1CCN(c2ncnc(Cl)n2)CC1. The summed E-state index contributed by atoms with van der Waals surface area (Å²) < 4.78 is 5.25. The van der Waals surface area contributed by atoms with Crippen molar-refractivity contribution in [1.29, 1.82) is 0 Å². The Bertz CT molecular complexity index is 498. The molecule has 0 spiro atoms. The van der Waals surface area contributed by atoms with Gasteiger partial charge in [-0.05, 0) is 45.2 Å². The third kappa shape index (κ3) is 5.00. The lowest BCUT2D eigenvalue weighted by atomic mass is 10.1. The van der Waals surface area contributed by atoms with E-state index in [2.05, 4.69) is 20.3 Å². The zero-order valence-corrected chi connectivity index (χ0v) is 13.2. The first-order valence-electron chi connectivity index (χ1n) is 6.92. The Hall–Kier alpha value is -1.63. The fraction of sp³-hybridized carbons (Fsp3) is 0.692. The number of rotatable bonds is 2. The molecule has 2 rings (SSSR count). The molecule has 0 saturated carbocycles. The maximum absolute atomic E-state index is 11.7. The van der Waals surface area contributed by atoms with Crippen molar-refractivity contribution in [3.05, 3.63) is 11.6 Å². The largest absolute Gasteiger partial charge is 0.444 e. The van der Waals surface area contributed by atoms with Gasteiger partial charge >= 0.3 is 6.09 Å². The van der Waals surface area contributed by atoms with E-state index in [1.165, 1.54) is 6.33 Å². The van der Waals surface area contributed by atoms with E-state index in [1.54, 1.807) is 0 Å². The second-order valence-electron chi connectivity index (χ2n) is 5.96. The first-order chi connectivity index (χ1) is 9.83. The molecule has 0 radical (unpaired) electrons. The smallest absolute Gasteiger partial charge is 0.407 e. The summed E-state index contributed by atoms with van der Waals surface area (Å²) in [5, 5.41) is 3.08. The van der Waals surface area contributed by atoms with Gasteiger partial charge in [0, 0.05) is 19.1 Å². The molecule has 0 bridgehead atoms. The lowest BCUT2D eigenvalue weighted by molar-refractivity contribution is 0.0497. The minimum atomic E-state index is -0.480. The van der Waals surface area contributed by atoms with E-state index >= 15 is 0 Å². The highest BCUT2D eigenvalue weighted by Gasteiger charge is 2.24. The van der Waals surface area contributed by atoms with E-state index in [4.69, 9.17) is 16.3 Å². The van der Waals surface area contributed by atoms with Gasteiger partial charge in [0.2, 0.25) is 11.2 Å². The molecular weight excluding hydrogens is 294 g/mol. The number of anilines is 1. The van der Waals surface area contributed by atoms with Crippen LogP contribution in [0.3, 0.4) is 0 Å². The molecule has 1 amide bonds. The van der Waals surface area contributed by atoms with Crippen LogP contribution in [0, 0.1) is 0 Å². The highest BCUT2D eigenvalue weighted by molar-refractivity contribution is 6.28. The first-order valence-corrected chi connectivity index (χ1v) is 7.30. The topological polar surface area (TPSA) is 80.2 Å². The second kappa shape index (κ2) is 6.43. The van der Waals surface area contributed by atoms with Crippen molar-refractivity contribution < 1.29 is 9.53 Å². The maximum Gasteiger partial charge on any atom is 0.407 e. The molecular formula is C13H20ClN5O2. The van der Waals surface area contributed by atoms with Crippen LogP contribution in [0.5, 0.6) is 0 Å². The van der Waals surface area contributed by atoms with Crippen LogP contribution in [0.2, 0.25) is 5.28 Å². The highest BCUT2D eigenvalue weighted by Crippen LogP contribution is 2.17. The third-order valence-corrected chi connectivity index (χ3v) is 3.21. The minimum absolute atomic E-state index is 0.105. The van der Waals surface area contributed by atoms with Gasteiger partial charge in [-0.15, -0.1) is 0 Å². The molecule has 0 unspecified atom stereocenters. The Labute approximate surface area is 129 Å². The van der Waals surface area contributed by atoms with Crippen LogP contribution in [0.25, 0.3) is 0 Å². The molecule has 21 heavy (non-hydrogen) atoms. The van der Waals surface area contributed by atoms with E-state index in [0.717, 1.165) is 25.9 Å². The molecule has 1 fully saturated rings. The van der Waals surface area contributed by atoms with Crippen LogP contribution >= 0.6 is 11.6 Å². The average molecular weight is 314 g/mol. The van der Waals surface area contributed by atoms with E-state index in [1.807, 2.05) is 25.7 Å². The molecule has 116 valence electrons. The van der Waals surface area contributed by atoms with Crippen LogP contribution in [0.4, 0.5) is 10.7 Å². The number of hydrogen-bond donors (Lipinski definition) is 1. The van der Waals surface area contributed by atoms with Crippen molar-refractivity contribution in [2.24, 2.45) is 0 Å². The van der Waals surface area contributed by atoms with E-state index < -0.39 is 5.60 Å². The Balaban J connectivity index is 1.82. The van der Waals surface area contributed by atoms with Crippen LogP contribution < -0.4 is 10.2 Å². The van der Waals surface area contributed by atoms with Crippen LogP contribution in [-0.2, 0) is 4.74 Å². The summed E-state index contributed by atoms with van der Waals surface area (Å²) in [6, 6.07) is 0.105. The lowest BCUT2D eigenvalue weighted by Gasteiger charge is -2.32. The van der Waals surface area contributed by atoms with Gasteiger partial charge in [-0.25, -0.2) is 14.8 Å². The number of nitrogens with zero attached hydrogens (tertiary/aromatic N) is 4. The number of hydrogen-bond acceptors (Lipinski definition) is 6. The summed E-state index contributed by atoms with van der Waals surface area (Å²) >= 11 is 5.76. The highest BCUT2D eigenvalue weighted by atomic mass is 35.5. The molecule has 1 saturated heterocycles. The van der Waals surface area contributed by atoms with Crippen molar-refractivity contribution in [1.82, 2.24) is 20.3 Å². The van der Waals surface area contributed by atoms with Gasteiger partial charge in [0.25, 0.3) is 0 Å². The number of aromatic nitrogens is 3. The van der Waals surface area contributed by atoms with Crippen molar-refractivity contribution in [2.45, 2.75) is 45.3 Å². The van der Waals surface area contributed by atoms with Crippen LogP contribution in [0.1, 0.15) is 33.6 Å². The minimum Gasteiger partial charge on any atom is -0.444 e. The number of piperidine rings is 1.